The summed E-state index contributed by atoms with van der Waals surface area (Å²) in [5.74, 6) is 1.25. The topological polar surface area (TPSA) is 139 Å². The van der Waals surface area contributed by atoms with E-state index in [-0.39, 0.29) is 18.9 Å². The zero-order valence-electron chi connectivity index (χ0n) is 20.6. The molecule has 1 spiro atoms. The van der Waals surface area contributed by atoms with E-state index in [4.69, 9.17) is 19.8 Å². The molecule has 1 saturated carbocycles. The van der Waals surface area contributed by atoms with Gasteiger partial charge in [-0.25, -0.2) is 4.98 Å². The fourth-order valence-electron chi connectivity index (χ4n) is 5.85. The Morgan fingerprint density at radius 2 is 1.78 bits per heavy atom. The number of imidazole rings is 1. The van der Waals surface area contributed by atoms with Crippen LogP contribution >= 0.6 is 0 Å². The summed E-state index contributed by atoms with van der Waals surface area (Å²) in [6.45, 7) is 4.97. The highest BCUT2D eigenvalue weighted by molar-refractivity contribution is 5.78. The smallest absolute Gasteiger partial charge is 0.290 e. The Bertz CT molecular complexity index is 953. The van der Waals surface area contributed by atoms with Crippen LogP contribution in [0.15, 0.2) is 36.7 Å². The average Bonchev–Trinajstić information content (AvgIpc) is 3.52. The number of benzene rings is 1. The molecule has 196 valence electrons. The van der Waals surface area contributed by atoms with Crippen LogP contribution in [-0.4, -0.2) is 81.1 Å². The van der Waals surface area contributed by atoms with Crippen LogP contribution in [0.5, 0.6) is 0 Å². The molecular formula is C26H37N5O5. The molecule has 3 heterocycles. The number of carbonyl (C=O) groups is 3. The van der Waals surface area contributed by atoms with Gasteiger partial charge in [-0.15, -0.1) is 0 Å². The quantitative estimate of drug-likeness (QED) is 0.459. The number of aromatic nitrogens is 2. The molecule has 36 heavy (non-hydrogen) atoms. The lowest BCUT2D eigenvalue weighted by molar-refractivity contribution is -0.124. The molecule has 10 heteroatoms. The van der Waals surface area contributed by atoms with E-state index in [2.05, 4.69) is 49.4 Å². The third kappa shape index (κ3) is 7.38. The van der Waals surface area contributed by atoms with Gasteiger partial charge in [0.05, 0.1) is 13.1 Å². The number of carbonyl (C=O) groups excluding carboxylic acids is 1. The van der Waals surface area contributed by atoms with E-state index >= 15 is 0 Å². The second-order valence-electron chi connectivity index (χ2n) is 9.63. The van der Waals surface area contributed by atoms with Crippen LogP contribution in [0.4, 0.5) is 0 Å². The van der Waals surface area contributed by atoms with Crippen LogP contribution in [0.25, 0.3) is 0 Å². The highest BCUT2D eigenvalue weighted by Gasteiger charge is 2.45. The van der Waals surface area contributed by atoms with Crippen LogP contribution in [0.3, 0.4) is 0 Å². The number of nitrogens with zero attached hydrogens (tertiary/aromatic N) is 3. The van der Waals surface area contributed by atoms with Gasteiger partial charge in [0.1, 0.15) is 5.82 Å². The number of piperidine rings is 1. The molecule has 2 aromatic rings. The first-order valence-electron chi connectivity index (χ1n) is 12.5. The minimum atomic E-state index is -0.250. The summed E-state index contributed by atoms with van der Waals surface area (Å²) in [5.41, 5.74) is 3.10. The van der Waals surface area contributed by atoms with Crippen molar-refractivity contribution in [3.63, 3.8) is 0 Å². The van der Waals surface area contributed by atoms with Crippen molar-refractivity contribution in [2.75, 3.05) is 26.2 Å². The van der Waals surface area contributed by atoms with Crippen LogP contribution in [0, 0.1) is 5.41 Å². The van der Waals surface area contributed by atoms with Crippen molar-refractivity contribution in [2.24, 2.45) is 5.41 Å². The van der Waals surface area contributed by atoms with Crippen LogP contribution in [-0.2, 0) is 33.9 Å². The van der Waals surface area contributed by atoms with E-state index in [1.54, 1.807) is 0 Å². The zero-order valence-corrected chi connectivity index (χ0v) is 20.6. The van der Waals surface area contributed by atoms with Gasteiger partial charge in [-0.3, -0.25) is 24.2 Å². The number of fused-ring (bicyclic) bond motifs is 1. The summed E-state index contributed by atoms with van der Waals surface area (Å²) < 4.78 is 0. The fourth-order valence-corrected chi connectivity index (χ4v) is 5.85. The van der Waals surface area contributed by atoms with Crippen molar-refractivity contribution in [3.8, 4) is 0 Å². The summed E-state index contributed by atoms with van der Waals surface area (Å²) in [6.07, 6.45) is 10.7. The maximum absolute atomic E-state index is 12.9. The average molecular weight is 500 g/mol. The number of carboxylic acid groups (broad SMARTS) is 2. The Labute approximate surface area is 211 Å². The summed E-state index contributed by atoms with van der Waals surface area (Å²) in [6, 6.07) is 8.96. The molecule has 4 N–H and O–H groups in total. The standard InChI is InChI=1S/C24H33N5O.2CH2O2/c30-23(18-29-13-7-19-4-1-2-5-20(19)16-29)27-21-6-3-8-24(21)9-14-28(15-10-24)17-22-25-11-12-26-22;2*2-1-3/h1-2,4-5,11-12,21H,3,6-10,13-18H2,(H,25,26)(H,27,30);2*1H,(H,2,3). The number of hydrogen-bond acceptors (Lipinski definition) is 6. The number of hydrogen-bond donors (Lipinski definition) is 4. The number of H-pyrrole nitrogens is 1. The van der Waals surface area contributed by atoms with Crippen LogP contribution in [0.1, 0.15) is 49.1 Å². The maximum atomic E-state index is 12.9. The van der Waals surface area contributed by atoms with Gasteiger partial charge in [-0.2, -0.15) is 0 Å². The molecular weight excluding hydrogens is 462 g/mol. The molecule has 5 rings (SSSR count). The number of rotatable bonds is 5. The van der Waals surface area contributed by atoms with Crippen molar-refractivity contribution < 1.29 is 24.6 Å². The third-order valence-corrected chi connectivity index (χ3v) is 7.60. The molecule has 3 aliphatic rings. The van der Waals surface area contributed by atoms with E-state index in [1.807, 2.05) is 12.4 Å². The fraction of sp³-hybridized carbons (Fsp3) is 0.538. The highest BCUT2D eigenvalue weighted by atomic mass is 16.3. The van der Waals surface area contributed by atoms with Crippen LogP contribution in [0.2, 0.25) is 0 Å². The van der Waals surface area contributed by atoms with Gasteiger partial charge in [0, 0.05) is 31.5 Å². The number of aromatic amines is 1. The molecule has 1 aliphatic carbocycles. The number of amides is 1. The summed E-state index contributed by atoms with van der Waals surface area (Å²) >= 11 is 0. The lowest BCUT2D eigenvalue weighted by atomic mass is 9.74. The monoisotopic (exact) mass is 499 g/mol. The first kappa shape index (κ1) is 27.3. The van der Waals surface area contributed by atoms with Gasteiger partial charge >= 0.3 is 0 Å². The molecule has 1 amide bonds. The first-order chi connectivity index (χ1) is 17.5. The first-order valence-corrected chi connectivity index (χ1v) is 12.5. The lowest BCUT2D eigenvalue weighted by Gasteiger charge is -2.43. The second kappa shape index (κ2) is 13.7. The number of nitrogens with one attached hydrogen (secondary N) is 2. The number of likely N-dealkylation sites (tertiary alicyclic amines) is 1. The minimum Gasteiger partial charge on any atom is -0.483 e. The predicted molar refractivity (Wildman–Crippen MR) is 134 cm³/mol. The van der Waals surface area contributed by atoms with Crippen molar-refractivity contribution in [3.05, 3.63) is 53.6 Å². The van der Waals surface area contributed by atoms with Gasteiger partial charge in [0.25, 0.3) is 12.9 Å². The Hall–Kier alpha value is -3.24. The van der Waals surface area contributed by atoms with Crippen molar-refractivity contribution in [1.82, 2.24) is 25.1 Å². The van der Waals surface area contributed by atoms with Crippen molar-refractivity contribution in [2.45, 2.75) is 57.7 Å². The SMILES string of the molecule is O=C(CN1CCc2ccccc2C1)NC1CCCC12CCN(Cc1ncc[nH]1)CC2.O=CO.O=CO. The van der Waals surface area contributed by atoms with E-state index < -0.39 is 0 Å². The maximum Gasteiger partial charge on any atom is 0.290 e. The highest BCUT2D eigenvalue weighted by Crippen LogP contribution is 2.46. The van der Waals surface area contributed by atoms with Crippen LogP contribution < -0.4 is 5.32 Å². The largest absolute Gasteiger partial charge is 0.483 e. The molecule has 1 atom stereocenters. The molecule has 2 aliphatic heterocycles. The Morgan fingerprint density at radius 3 is 2.44 bits per heavy atom. The van der Waals surface area contributed by atoms with Gasteiger partial charge < -0.3 is 20.5 Å². The van der Waals surface area contributed by atoms with E-state index in [0.717, 1.165) is 51.4 Å². The molecule has 1 aromatic heterocycles. The molecule has 0 radical (unpaired) electrons. The Kier molecular flexibility index (Phi) is 10.4. The van der Waals surface area contributed by atoms with E-state index in [9.17, 15) is 4.79 Å². The zero-order chi connectivity index (χ0) is 25.8. The van der Waals surface area contributed by atoms with Gasteiger partial charge in [0.15, 0.2) is 0 Å². The summed E-state index contributed by atoms with van der Waals surface area (Å²) in [4.78, 5) is 42.0. The normalized spacial score (nSPS) is 20.7. The molecule has 2 fully saturated rings. The lowest BCUT2D eigenvalue weighted by Crippen LogP contribution is -2.52. The third-order valence-electron chi connectivity index (χ3n) is 7.60. The summed E-state index contributed by atoms with van der Waals surface area (Å²) in [7, 11) is 0. The van der Waals surface area contributed by atoms with Crippen molar-refractivity contribution >= 4 is 18.9 Å². The minimum absolute atomic E-state index is 0.207. The predicted octanol–water partition coefficient (Wildman–Crippen LogP) is 2.12. The summed E-state index contributed by atoms with van der Waals surface area (Å²) in [5, 5.41) is 17.2. The molecule has 1 aromatic carbocycles. The van der Waals surface area contributed by atoms with Gasteiger partial charge in [0.2, 0.25) is 5.91 Å². The van der Waals surface area contributed by atoms with Gasteiger partial charge in [-0.05, 0) is 61.7 Å². The Balaban J connectivity index is 0.000000550. The molecule has 1 saturated heterocycles. The van der Waals surface area contributed by atoms with Crippen molar-refractivity contribution in [1.29, 1.82) is 0 Å². The molecule has 0 bridgehead atoms. The molecule has 10 nitrogen and oxygen atoms in total. The second-order valence-corrected chi connectivity index (χ2v) is 9.63. The Morgan fingerprint density at radius 1 is 1.08 bits per heavy atom. The van der Waals surface area contributed by atoms with Gasteiger partial charge in [-0.1, -0.05) is 30.7 Å². The molecule has 1 unspecified atom stereocenters. The van der Waals surface area contributed by atoms with E-state index in [1.165, 1.54) is 36.8 Å². The van der Waals surface area contributed by atoms with E-state index in [0.29, 0.717) is 18.0 Å².